The highest BCUT2D eigenvalue weighted by Crippen LogP contribution is 2.43. The molecule has 0 spiro atoms. The summed E-state index contributed by atoms with van der Waals surface area (Å²) in [6, 6.07) is 16.5. The van der Waals surface area contributed by atoms with E-state index in [0.29, 0.717) is 6.42 Å². The van der Waals surface area contributed by atoms with Crippen molar-refractivity contribution in [3.8, 4) is 0 Å². The van der Waals surface area contributed by atoms with Crippen molar-refractivity contribution in [3.05, 3.63) is 60.3 Å². The second-order valence-corrected chi connectivity index (χ2v) is 7.99. The highest BCUT2D eigenvalue weighted by molar-refractivity contribution is 5.92. The van der Waals surface area contributed by atoms with E-state index in [2.05, 4.69) is 45.1 Å². The first-order valence-electron chi connectivity index (χ1n) is 10.4. The van der Waals surface area contributed by atoms with Gasteiger partial charge in [-0.15, -0.1) is 0 Å². The fraction of sp³-hybridized carbons (Fsp3) is 0.478. The van der Waals surface area contributed by atoms with Crippen molar-refractivity contribution in [2.75, 3.05) is 37.6 Å². The molecule has 1 aromatic heterocycles. The van der Waals surface area contributed by atoms with Gasteiger partial charge in [-0.05, 0) is 30.5 Å². The second kappa shape index (κ2) is 8.41. The minimum atomic E-state index is 0.140. The van der Waals surface area contributed by atoms with Crippen molar-refractivity contribution in [3.63, 3.8) is 0 Å². The zero-order valence-corrected chi connectivity index (χ0v) is 16.8. The lowest BCUT2D eigenvalue weighted by atomic mass is 10.1. The van der Waals surface area contributed by atoms with Crippen molar-refractivity contribution in [1.82, 2.24) is 14.8 Å². The predicted octanol–water partition coefficient (Wildman–Crippen LogP) is 3.18. The Labute approximate surface area is 168 Å². The Morgan fingerprint density at radius 3 is 2.36 bits per heavy atom. The third-order valence-corrected chi connectivity index (χ3v) is 6.10. The van der Waals surface area contributed by atoms with E-state index in [1.54, 1.807) is 6.20 Å². The molecule has 1 saturated carbocycles. The summed E-state index contributed by atoms with van der Waals surface area (Å²) in [6.07, 6.45) is 4.63. The molecule has 1 aromatic carbocycles. The van der Waals surface area contributed by atoms with Crippen molar-refractivity contribution < 1.29 is 4.79 Å². The van der Waals surface area contributed by atoms with Crippen LogP contribution in [0.25, 0.3) is 0 Å². The standard InChI is InChI=1S/C23H30N4O/c1-2-22(28)27(21-10-6-7-13-24-21)19-23(11-12-23)26-16-14-25(15-17-26)18-20-8-4-3-5-9-20/h3-10,13H,2,11-12,14-19H2,1H3. The molecular formula is C23H30N4O. The van der Waals surface area contributed by atoms with Crippen LogP contribution in [0.5, 0.6) is 0 Å². The third-order valence-electron chi connectivity index (χ3n) is 6.10. The molecule has 0 atom stereocenters. The molecule has 1 saturated heterocycles. The van der Waals surface area contributed by atoms with Gasteiger partial charge in [-0.3, -0.25) is 19.5 Å². The first kappa shape index (κ1) is 19.1. The Kier molecular flexibility index (Phi) is 5.74. The lowest BCUT2D eigenvalue weighted by Crippen LogP contribution is -2.55. The van der Waals surface area contributed by atoms with Gasteiger partial charge in [-0.25, -0.2) is 4.98 Å². The van der Waals surface area contributed by atoms with Crippen LogP contribution in [0.3, 0.4) is 0 Å². The summed E-state index contributed by atoms with van der Waals surface area (Å²) in [6.45, 7) is 8.03. The molecule has 0 N–H and O–H groups in total. The SMILES string of the molecule is CCC(=O)N(CC1(N2CCN(Cc3ccccc3)CC2)CC1)c1ccccn1. The van der Waals surface area contributed by atoms with E-state index >= 15 is 0 Å². The molecule has 4 rings (SSSR count). The maximum Gasteiger partial charge on any atom is 0.227 e. The molecule has 0 unspecified atom stereocenters. The summed E-state index contributed by atoms with van der Waals surface area (Å²) in [5, 5.41) is 0. The maximum atomic E-state index is 12.6. The molecule has 0 bridgehead atoms. The summed E-state index contributed by atoms with van der Waals surface area (Å²) in [5.41, 5.74) is 1.52. The second-order valence-electron chi connectivity index (χ2n) is 7.99. The monoisotopic (exact) mass is 378 g/mol. The Bertz CT molecular complexity index is 768. The van der Waals surface area contributed by atoms with E-state index < -0.39 is 0 Å². The summed E-state index contributed by atoms with van der Waals surface area (Å²) < 4.78 is 0. The predicted molar refractivity (Wildman–Crippen MR) is 112 cm³/mol. The van der Waals surface area contributed by atoms with Crippen LogP contribution >= 0.6 is 0 Å². The summed E-state index contributed by atoms with van der Waals surface area (Å²) in [5.74, 6) is 0.941. The van der Waals surface area contributed by atoms with Crippen molar-refractivity contribution in [2.24, 2.45) is 0 Å². The Hall–Kier alpha value is -2.24. The highest BCUT2D eigenvalue weighted by Gasteiger charge is 2.50. The van der Waals surface area contributed by atoms with Crippen molar-refractivity contribution in [2.45, 2.75) is 38.3 Å². The minimum absolute atomic E-state index is 0.140. The van der Waals surface area contributed by atoms with Crippen LogP contribution in [0.15, 0.2) is 54.7 Å². The molecule has 1 aliphatic carbocycles. The zero-order chi connectivity index (χ0) is 19.4. The summed E-state index contributed by atoms with van der Waals surface area (Å²) in [7, 11) is 0. The number of rotatable bonds is 7. The number of pyridine rings is 1. The van der Waals surface area contributed by atoms with E-state index in [0.717, 1.165) is 45.1 Å². The number of piperazine rings is 1. The van der Waals surface area contributed by atoms with E-state index in [9.17, 15) is 4.79 Å². The molecule has 148 valence electrons. The molecule has 2 aliphatic rings. The quantitative estimate of drug-likeness (QED) is 0.742. The van der Waals surface area contributed by atoms with Gasteiger partial charge in [0.2, 0.25) is 5.91 Å². The van der Waals surface area contributed by atoms with Gasteiger partial charge in [-0.1, -0.05) is 43.3 Å². The lowest BCUT2D eigenvalue weighted by molar-refractivity contribution is -0.118. The van der Waals surface area contributed by atoms with Gasteiger partial charge in [0, 0.05) is 57.4 Å². The van der Waals surface area contributed by atoms with Gasteiger partial charge in [0.05, 0.1) is 0 Å². The molecule has 2 fully saturated rings. The van der Waals surface area contributed by atoms with Gasteiger partial charge in [-0.2, -0.15) is 0 Å². The molecule has 5 nitrogen and oxygen atoms in total. The van der Waals surface area contributed by atoms with Crippen molar-refractivity contribution >= 4 is 11.7 Å². The lowest BCUT2D eigenvalue weighted by Gasteiger charge is -2.41. The van der Waals surface area contributed by atoms with Crippen LogP contribution < -0.4 is 4.90 Å². The van der Waals surface area contributed by atoms with Gasteiger partial charge < -0.3 is 0 Å². The first-order valence-corrected chi connectivity index (χ1v) is 10.4. The van der Waals surface area contributed by atoms with E-state index in [1.165, 1.54) is 18.4 Å². The smallest absolute Gasteiger partial charge is 0.227 e. The number of carbonyl (C=O) groups excluding carboxylic acids is 1. The summed E-state index contributed by atoms with van der Waals surface area (Å²) in [4.78, 5) is 24.1. The van der Waals surface area contributed by atoms with Gasteiger partial charge in [0.15, 0.2) is 0 Å². The molecule has 2 aromatic rings. The fourth-order valence-corrected chi connectivity index (χ4v) is 4.24. The normalized spacial score (nSPS) is 19.3. The van der Waals surface area contributed by atoms with Crippen LogP contribution in [0.1, 0.15) is 31.7 Å². The van der Waals surface area contributed by atoms with E-state index in [4.69, 9.17) is 0 Å². The van der Waals surface area contributed by atoms with Crippen LogP contribution in [-0.4, -0.2) is 59.0 Å². The molecule has 28 heavy (non-hydrogen) atoms. The van der Waals surface area contributed by atoms with Crippen LogP contribution in [0.4, 0.5) is 5.82 Å². The first-order chi connectivity index (χ1) is 13.7. The van der Waals surface area contributed by atoms with E-state index in [1.807, 2.05) is 30.0 Å². The average Bonchev–Trinajstić information content (AvgIpc) is 3.54. The van der Waals surface area contributed by atoms with Crippen LogP contribution in [0.2, 0.25) is 0 Å². The number of anilines is 1. The van der Waals surface area contributed by atoms with E-state index in [-0.39, 0.29) is 11.4 Å². The van der Waals surface area contributed by atoms with Crippen LogP contribution in [0, 0.1) is 0 Å². The van der Waals surface area contributed by atoms with Gasteiger partial charge >= 0.3 is 0 Å². The number of nitrogens with zero attached hydrogens (tertiary/aromatic N) is 4. The van der Waals surface area contributed by atoms with Crippen molar-refractivity contribution in [1.29, 1.82) is 0 Å². The maximum absolute atomic E-state index is 12.6. The molecule has 1 aliphatic heterocycles. The highest BCUT2D eigenvalue weighted by atomic mass is 16.2. The number of carbonyl (C=O) groups is 1. The molecule has 1 amide bonds. The number of aromatic nitrogens is 1. The number of hydrogen-bond acceptors (Lipinski definition) is 4. The molecule has 5 heteroatoms. The number of benzene rings is 1. The number of amides is 1. The number of hydrogen-bond donors (Lipinski definition) is 0. The zero-order valence-electron chi connectivity index (χ0n) is 16.8. The topological polar surface area (TPSA) is 39.7 Å². The van der Waals surface area contributed by atoms with Gasteiger partial charge in [0.25, 0.3) is 0 Å². The fourth-order valence-electron chi connectivity index (χ4n) is 4.24. The Morgan fingerprint density at radius 1 is 1.04 bits per heavy atom. The molecule has 0 radical (unpaired) electrons. The summed E-state index contributed by atoms with van der Waals surface area (Å²) >= 11 is 0. The Balaban J connectivity index is 1.38. The molecule has 2 heterocycles. The average molecular weight is 379 g/mol. The Morgan fingerprint density at radius 2 is 1.75 bits per heavy atom. The third kappa shape index (κ3) is 4.26. The minimum Gasteiger partial charge on any atom is -0.297 e. The van der Waals surface area contributed by atoms with Crippen LogP contribution in [-0.2, 0) is 11.3 Å². The largest absolute Gasteiger partial charge is 0.297 e. The molecular weight excluding hydrogens is 348 g/mol. The van der Waals surface area contributed by atoms with Gasteiger partial charge in [0.1, 0.15) is 5.82 Å².